The Balaban J connectivity index is 0.00000324. The summed E-state index contributed by atoms with van der Waals surface area (Å²) in [6.07, 6.45) is -0.147. The molecule has 0 fully saturated rings. The van der Waals surface area contributed by atoms with E-state index in [-0.39, 0.29) is 30.8 Å². The molecule has 0 aromatic heterocycles. The monoisotopic (exact) mass is 285 g/mol. The number of hydrogen-bond acceptors (Lipinski definition) is 3. The molecule has 2 amide bonds. The Morgan fingerprint density at radius 2 is 1.89 bits per heavy atom. The Hall–Kier alpha value is -1.59. The van der Waals surface area contributed by atoms with Crippen molar-refractivity contribution in [1.82, 2.24) is 5.32 Å². The van der Waals surface area contributed by atoms with Crippen LogP contribution in [0, 0.1) is 6.92 Å². The van der Waals surface area contributed by atoms with Gasteiger partial charge in [0.05, 0.1) is 18.5 Å². The number of amides is 2. The average molecular weight is 286 g/mol. The molecule has 106 valence electrons. The van der Waals surface area contributed by atoms with Gasteiger partial charge in [-0.15, -0.1) is 12.4 Å². The number of aryl methyl sites for hydroxylation is 1. The molecule has 0 bridgehead atoms. The van der Waals surface area contributed by atoms with Gasteiger partial charge in [0.25, 0.3) is 0 Å². The van der Waals surface area contributed by atoms with E-state index in [0.29, 0.717) is 0 Å². The predicted molar refractivity (Wildman–Crippen MR) is 76.8 cm³/mol. The SMILES string of the molecule is Cc1ccccc1C(C)NC(=O)C(N)CC(N)=O.Cl. The minimum Gasteiger partial charge on any atom is -0.370 e. The van der Waals surface area contributed by atoms with Crippen molar-refractivity contribution >= 4 is 24.2 Å². The van der Waals surface area contributed by atoms with E-state index in [1.165, 1.54) is 0 Å². The third-order valence-electron chi connectivity index (χ3n) is 2.77. The van der Waals surface area contributed by atoms with E-state index >= 15 is 0 Å². The summed E-state index contributed by atoms with van der Waals surface area (Å²) in [5.41, 5.74) is 12.7. The van der Waals surface area contributed by atoms with Crippen LogP contribution in [0.2, 0.25) is 0 Å². The number of carbonyl (C=O) groups excluding carboxylic acids is 2. The molecular formula is C13H20ClN3O2. The number of nitrogens with one attached hydrogen (secondary N) is 1. The molecule has 0 aliphatic heterocycles. The van der Waals surface area contributed by atoms with Crippen LogP contribution in [0.4, 0.5) is 0 Å². The fraction of sp³-hybridized carbons (Fsp3) is 0.385. The number of hydrogen-bond donors (Lipinski definition) is 3. The zero-order valence-electron chi connectivity index (χ0n) is 11.1. The molecule has 5 N–H and O–H groups in total. The van der Waals surface area contributed by atoms with Crippen molar-refractivity contribution < 1.29 is 9.59 Å². The lowest BCUT2D eigenvalue weighted by atomic mass is 10.0. The maximum absolute atomic E-state index is 11.7. The summed E-state index contributed by atoms with van der Waals surface area (Å²) >= 11 is 0. The van der Waals surface area contributed by atoms with Crippen LogP contribution >= 0.6 is 12.4 Å². The Morgan fingerprint density at radius 1 is 1.32 bits per heavy atom. The molecule has 5 nitrogen and oxygen atoms in total. The Bertz CT molecular complexity index is 451. The van der Waals surface area contributed by atoms with Crippen molar-refractivity contribution in [3.05, 3.63) is 35.4 Å². The lowest BCUT2D eigenvalue weighted by Gasteiger charge is -2.18. The van der Waals surface area contributed by atoms with Crippen LogP contribution < -0.4 is 16.8 Å². The first-order valence-corrected chi connectivity index (χ1v) is 5.81. The lowest BCUT2D eigenvalue weighted by molar-refractivity contribution is -0.126. The van der Waals surface area contributed by atoms with Crippen LogP contribution in [0.1, 0.15) is 30.5 Å². The van der Waals surface area contributed by atoms with E-state index in [0.717, 1.165) is 11.1 Å². The summed E-state index contributed by atoms with van der Waals surface area (Å²) in [7, 11) is 0. The Kier molecular flexibility index (Phi) is 7.11. The van der Waals surface area contributed by atoms with E-state index in [4.69, 9.17) is 11.5 Å². The number of primary amides is 1. The van der Waals surface area contributed by atoms with Crippen LogP contribution in [-0.4, -0.2) is 17.9 Å². The molecule has 0 radical (unpaired) electrons. The van der Waals surface area contributed by atoms with Gasteiger partial charge >= 0.3 is 0 Å². The highest BCUT2D eigenvalue weighted by molar-refractivity contribution is 5.87. The molecule has 0 aliphatic carbocycles. The first-order valence-electron chi connectivity index (χ1n) is 5.81. The second-order valence-electron chi connectivity index (χ2n) is 4.36. The highest BCUT2D eigenvalue weighted by Gasteiger charge is 2.18. The quantitative estimate of drug-likeness (QED) is 0.746. The molecule has 6 heteroatoms. The molecule has 0 aliphatic rings. The summed E-state index contributed by atoms with van der Waals surface area (Å²) in [5, 5.41) is 2.77. The van der Waals surface area contributed by atoms with Gasteiger partial charge in [0.15, 0.2) is 0 Å². The number of halogens is 1. The van der Waals surface area contributed by atoms with Crippen LogP contribution in [0.3, 0.4) is 0 Å². The van der Waals surface area contributed by atoms with Gasteiger partial charge in [-0.3, -0.25) is 9.59 Å². The molecule has 1 rings (SSSR count). The second-order valence-corrected chi connectivity index (χ2v) is 4.36. The number of carbonyl (C=O) groups is 2. The fourth-order valence-electron chi connectivity index (χ4n) is 1.78. The summed E-state index contributed by atoms with van der Waals surface area (Å²) in [6.45, 7) is 3.85. The highest BCUT2D eigenvalue weighted by Crippen LogP contribution is 2.16. The predicted octanol–water partition coefficient (Wildman–Crippen LogP) is 0.797. The standard InChI is InChI=1S/C13H19N3O2.ClH/c1-8-5-3-4-6-10(8)9(2)16-13(18)11(14)7-12(15)17;/h3-6,9,11H,7,14H2,1-2H3,(H2,15,17)(H,16,18);1H. The topological polar surface area (TPSA) is 98.2 Å². The molecule has 1 aromatic carbocycles. The van der Waals surface area contributed by atoms with E-state index in [1.807, 2.05) is 38.1 Å². The molecule has 19 heavy (non-hydrogen) atoms. The Labute approximate surface area is 119 Å². The number of nitrogens with two attached hydrogens (primary N) is 2. The van der Waals surface area contributed by atoms with Gasteiger partial charge in [-0.25, -0.2) is 0 Å². The van der Waals surface area contributed by atoms with Crippen LogP contribution in [0.15, 0.2) is 24.3 Å². The minimum atomic E-state index is -0.894. The zero-order chi connectivity index (χ0) is 13.7. The molecule has 1 aromatic rings. The lowest BCUT2D eigenvalue weighted by Crippen LogP contribution is -2.43. The van der Waals surface area contributed by atoms with Gasteiger partial charge in [-0.2, -0.15) is 0 Å². The van der Waals surface area contributed by atoms with Gasteiger partial charge in [0.2, 0.25) is 11.8 Å². The first kappa shape index (κ1) is 17.4. The smallest absolute Gasteiger partial charge is 0.237 e. The van der Waals surface area contributed by atoms with Crippen molar-refractivity contribution in [3.63, 3.8) is 0 Å². The normalized spacial score (nSPS) is 13.0. The van der Waals surface area contributed by atoms with Crippen LogP contribution in [0.25, 0.3) is 0 Å². The molecule has 0 heterocycles. The van der Waals surface area contributed by atoms with Gasteiger partial charge < -0.3 is 16.8 Å². The minimum absolute atomic E-state index is 0. The van der Waals surface area contributed by atoms with Crippen molar-refractivity contribution in [1.29, 1.82) is 0 Å². The summed E-state index contributed by atoms with van der Waals surface area (Å²) < 4.78 is 0. The fourth-order valence-corrected chi connectivity index (χ4v) is 1.78. The summed E-state index contributed by atoms with van der Waals surface area (Å²) in [4.78, 5) is 22.4. The molecule has 0 spiro atoms. The second kappa shape index (κ2) is 7.76. The third kappa shape index (κ3) is 5.28. The van der Waals surface area contributed by atoms with Gasteiger partial charge in [0.1, 0.15) is 0 Å². The Morgan fingerprint density at radius 3 is 2.42 bits per heavy atom. The average Bonchev–Trinajstić information content (AvgIpc) is 2.28. The number of benzene rings is 1. The van der Waals surface area contributed by atoms with E-state index < -0.39 is 11.9 Å². The van der Waals surface area contributed by atoms with Crippen molar-refractivity contribution in [2.24, 2.45) is 11.5 Å². The zero-order valence-corrected chi connectivity index (χ0v) is 11.9. The summed E-state index contributed by atoms with van der Waals surface area (Å²) in [5.74, 6) is -0.953. The third-order valence-corrected chi connectivity index (χ3v) is 2.77. The molecular weight excluding hydrogens is 266 g/mol. The van der Waals surface area contributed by atoms with Crippen molar-refractivity contribution in [2.75, 3.05) is 0 Å². The largest absolute Gasteiger partial charge is 0.370 e. The molecule has 2 atom stereocenters. The maximum atomic E-state index is 11.7. The van der Waals surface area contributed by atoms with E-state index in [1.54, 1.807) is 0 Å². The summed E-state index contributed by atoms with van der Waals surface area (Å²) in [6, 6.07) is 6.72. The van der Waals surface area contributed by atoms with Crippen molar-refractivity contribution in [3.8, 4) is 0 Å². The van der Waals surface area contributed by atoms with Gasteiger partial charge in [0, 0.05) is 0 Å². The van der Waals surface area contributed by atoms with E-state index in [2.05, 4.69) is 5.32 Å². The highest BCUT2D eigenvalue weighted by atomic mass is 35.5. The van der Waals surface area contributed by atoms with E-state index in [9.17, 15) is 9.59 Å². The first-order chi connectivity index (χ1) is 8.41. The molecule has 0 saturated heterocycles. The van der Waals surface area contributed by atoms with Gasteiger partial charge in [-0.05, 0) is 25.0 Å². The van der Waals surface area contributed by atoms with Crippen LogP contribution in [0.5, 0.6) is 0 Å². The van der Waals surface area contributed by atoms with Crippen LogP contribution in [-0.2, 0) is 9.59 Å². The molecule has 2 unspecified atom stereocenters. The van der Waals surface area contributed by atoms with Gasteiger partial charge in [-0.1, -0.05) is 24.3 Å². The van der Waals surface area contributed by atoms with Crippen molar-refractivity contribution in [2.45, 2.75) is 32.4 Å². The molecule has 0 saturated carbocycles. The maximum Gasteiger partial charge on any atom is 0.237 e. The number of rotatable bonds is 5.